The van der Waals surface area contributed by atoms with E-state index in [0.717, 1.165) is 11.4 Å². The van der Waals surface area contributed by atoms with Crippen molar-refractivity contribution >= 4 is 23.3 Å². The normalized spacial score (nSPS) is 16.2. The molecule has 0 aliphatic carbocycles. The first-order valence-corrected chi connectivity index (χ1v) is 6.36. The van der Waals surface area contributed by atoms with Gasteiger partial charge in [-0.25, -0.2) is 0 Å². The van der Waals surface area contributed by atoms with Gasteiger partial charge in [0.25, 0.3) is 0 Å². The molecule has 0 bridgehead atoms. The van der Waals surface area contributed by atoms with Crippen molar-refractivity contribution in [2.45, 2.75) is 33.2 Å². The average Bonchev–Trinajstić information content (AvgIpc) is 2.58. The van der Waals surface area contributed by atoms with Crippen molar-refractivity contribution in [3.05, 3.63) is 16.4 Å². The summed E-state index contributed by atoms with van der Waals surface area (Å²) in [4.78, 5) is 24.9. The summed E-state index contributed by atoms with van der Waals surface area (Å²) in [5.41, 5.74) is 1.53. The lowest BCUT2D eigenvalue weighted by Crippen LogP contribution is -2.40. The molecule has 5 nitrogen and oxygen atoms in total. The zero-order chi connectivity index (χ0) is 13.3. The molecule has 2 rings (SSSR count). The van der Waals surface area contributed by atoms with E-state index in [0.29, 0.717) is 31.0 Å². The molecule has 0 spiro atoms. The van der Waals surface area contributed by atoms with Crippen LogP contribution in [0.5, 0.6) is 0 Å². The molecule has 6 heteroatoms. The van der Waals surface area contributed by atoms with Crippen LogP contribution in [0.4, 0.5) is 0 Å². The Bertz CT molecular complexity index is 486. The SMILES string of the molecule is Cc1nn(CC(=O)N2CCC(=O)CC2)c(C)c1Cl. The Morgan fingerprint density at radius 3 is 2.44 bits per heavy atom. The maximum Gasteiger partial charge on any atom is 0.244 e. The maximum atomic E-state index is 12.1. The van der Waals surface area contributed by atoms with E-state index in [-0.39, 0.29) is 18.2 Å². The van der Waals surface area contributed by atoms with Crippen molar-refractivity contribution in [2.75, 3.05) is 13.1 Å². The van der Waals surface area contributed by atoms with E-state index in [9.17, 15) is 9.59 Å². The lowest BCUT2D eigenvalue weighted by Gasteiger charge is -2.26. The molecule has 1 aliphatic heterocycles. The van der Waals surface area contributed by atoms with Crippen LogP contribution in [0.15, 0.2) is 0 Å². The highest BCUT2D eigenvalue weighted by molar-refractivity contribution is 6.31. The number of aryl methyl sites for hydroxylation is 1. The zero-order valence-corrected chi connectivity index (χ0v) is 11.3. The molecule has 1 aromatic heterocycles. The van der Waals surface area contributed by atoms with E-state index in [4.69, 9.17) is 11.6 Å². The summed E-state index contributed by atoms with van der Waals surface area (Å²) >= 11 is 6.03. The third-order valence-electron chi connectivity index (χ3n) is 3.25. The van der Waals surface area contributed by atoms with Gasteiger partial charge in [0.15, 0.2) is 0 Å². The van der Waals surface area contributed by atoms with Crippen LogP contribution < -0.4 is 0 Å². The standard InChI is InChI=1S/C12H16ClN3O2/c1-8-12(13)9(2)16(14-8)7-11(18)15-5-3-10(17)4-6-15/h3-7H2,1-2H3. The number of ketones is 1. The van der Waals surface area contributed by atoms with Gasteiger partial charge in [-0.15, -0.1) is 0 Å². The topological polar surface area (TPSA) is 55.2 Å². The first kappa shape index (κ1) is 13.1. The maximum absolute atomic E-state index is 12.1. The number of carbonyl (C=O) groups excluding carboxylic acids is 2. The monoisotopic (exact) mass is 269 g/mol. The summed E-state index contributed by atoms with van der Waals surface area (Å²) in [6.45, 7) is 4.88. The van der Waals surface area contributed by atoms with E-state index >= 15 is 0 Å². The van der Waals surface area contributed by atoms with Crippen LogP contribution in [0.2, 0.25) is 5.02 Å². The molecular formula is C12H16ClN3O2. The number of likely N-dealkylation sites (tertiary alicyclic amines) is 1. The van der Waals surface area contributed by atoms with Crippen LogP contribution in [0.1, 0.15) is 24.2 Å². The predicted octanol–water partition coefficient (Wildman–Crippen LogP) is 1.34. The fourth-order valence-electron chi connectivity index (χ4n) is 2.06. The van der Waals surface area contributed by atoms with Crippen molar-refractivity contribution in [1.82, 2.24) is 14.7 Å². The van der Waals surface area contributed by atoms with Gasteiger partial charge in [0.05, 0.1) is 16.4 Å². The summed E-state index contributed by atoms with van der Waals surface area (Å²) < 4.78 is 1.62. The van der Waals surface area contributed by atoms with Crippen molar-refractivity contribution in [2.24, 2.45) is 0 Å². The van der Waals surface area contributed by atoms with Gasteiger partial charge in [-0.2, -0.15) is 5.10 Å². The van der Waals surface area contributed by atoms with Crippen LogP contribution in [-0.2, 0) is 16.1 Å². The largest absolute Gasteiger partial charge is 0.340 e. The van der Waals surface area contributed by atoms with Crippen molar-refractivity contribution in [3.8, 4) is 0 Å². The van der Waals surface area contributed by atoms with E-state index < -0.39 is 0 Å². The molecule has 1 amide bonds. The van der Waals surface area contributed by atoms with Crippen molar-refractivity contribution < 1.29 is 9.59 Å². The zero-order valence-electron chi connectivity index (χ0n) is 10.6. The molecule has 1 aromatic rings. The van der Waals surface area contributed by atoms with Crippen LogP contribution in [0.25, 0.3) is 0 Å². The van der Waals surface area contributed by atoms with E-state index in [1.54, 1.807) is 9.58 Å². The number of aromatic nitrogens is 2. The molecular weight excluding hydrogens is 254 g/mol. The van der Waals surface area contributed by atoms with Gasteiger partial charge in [0.2, 0.25) is 5.91 Å². The fraction of sp³-hybridized carbons (Fsp3) is 0.583. The molecule has 1 saturated heterocycles. The lowest BCUT2D eigenvalue weighted by atomic mass is 10.1. The van der Waals surface area contributed by atoms with Gasteiger partial charge in [-0.3, -0.25) is 14.3 Å². The number of amides is 1. The summed E-state index contributed by atoms with van der Waals surface area (Å²) in [7, 11) is 0. The van der Waals surface area contributed by atoms with Crippen LogP contribution >= 0.6 is 11.6 Å². The number of nitrogens with zero attached hydrogens (tertiary/aromatic N) is 3. The van der Waals surface area contributed by atoms with Gasteiger partial charge in [0.1, 0.15) is 12.3 Å². The van der Waals surface area contributed by atoms with Gasteiger partial charge in [0, 0.05) is 25.9 Å². The summed E-state index contributed by atoms with van der Waals surface area (Å²) in [5, 5.41) is 4.84. The first-order valence-electron chi connectivity index (χ1n) is 5.98. The third kappa shape index (κ3) is 2.56. The Kier molecular flexibility index (Phi) is 3.71. The Morgan fingerprint density at radius 1 is 1.33 bits per heavy atom. The molecule has 98 valence electrons. The van der Waals surface area contributed by atoms with Gasteiger partial charge >= 0.3 is 0 Å². The highest BCUT2D eigenvalue weighted by Crippen LogP contribution is 2.19. The summed E-state index contributed by atoms with van der Waals surface area (Å²) in [6.07, 6.45) is 0.924. The number of carbonyl (C=O) groups is 2. The molecule has 1 fully saturated rings. The highest BCUT2D eigenvalue weighted by atomic mass is 35.5. The Balaban J connectivity index is 2.03. The second-order valence-corrected chi connectivity index (χ2v) is 4.94. The smallest absolute Gasteiger partial charge is 0.244 e. The van der Waals surface area contributed by atoms with Crippen molar-refractivity contribution in [3.63, 3.8) is 0 Å². The first-order chi connectivity index (χ1) is 8.49. The minimum atomic E-state index is -0.00948. The molecule has 0 aromatic carbocycles. The quantitative estimate of drug-likeness (QED) is 0.814. The molecule has 0 atom stereocenters. The molecule has 1 aliphatic rings. The van der Waals surface area contributed by atoms with Gasteiger partial charge < -0.3 is 4.90 Å². The van der Waals surface area contributed by atoms with E-state index in [2.05, 4.69) is 5.10 Å². The van der Waals surface area contributed by atoms with Crippen molar-refractivity contribution in [1.29, 1.82) is 0 Å². The second-order valence-electron chi connectivity index (χ2n) is 4.56. The second kappa shape index (κ2) is 5.10. The number of halogens is 1. The Morgan fingerprint density at radius 2 is 1.94 bits per heavy atom. The predicted molar refractivity (Wildman–Crippen MR) is 67.5 cm³/mol. The van der Waals surface area contributed by atoms with Crippen LogP contribution in [-0.4, -0.2) is 39.5 Å². The third-order valence-corrected chi connectivity index (χ3v) is 3.80. The number of rotatable bonds is 2. The minimum absolute atomic E-state index is 0.00948. The number of piperidine rings is 1. The minimum Gasteiger partial charge on any atom is -0.340 e. The van der Waals surface area contributed by atoms with Gasteiger partial charge in [-0.05, 0) is 13.8 Å². The summed E-state index contributed by atoms with van der Waals surface area (Å²) in [5.74, 6) is 0.220. The van der Waals surface area contributed by atoms with Gasteiger partial charge in [-0.1, -0.05) is 11.6 Å². The average molecular weight is 270 g/mol. The number of Topliss-reactive ketones (excluding diaryl/α,β-unsaturated/α-hetero) is 1. The molecule has 2 heterocycles. The van der Waals surface area contributed by atoms with Crippen LogP contribution in [0.3, 0.4) is 0 Å². The summed E-state index contributed by atoms with van der Waals surface area (Å²) in [6, 6.07) is 0. The molecule has 0 saturated carbocycles. The lowest BCUT2D eigenvalue weighted by molar-refractivity contribution is -0.135. The number of hydrogen-bond acceptors (Lipinski definition) is 3. The molecule has 18 heavy (non-hydrogen) atoms. The molecule has 0 N–H and O–H groups in total. The Hall–Kier alpha value is -1.36. The molecule has 0 unspecified atom stereocenters. The number of hydrogen-bond donors (Lipinski definition) is 0. The van der Waals surface area contributed by atoms with E-state index in [1.807, 2.05) is 13.8 Å². The Labute approximate surface area is 111 Å². The fourth-order valence-corrected chi connectivity index (χ4v) is 2.20. The molecule has 0 radical (unpaired) electrons. The van der Waals surface area contributed by atoms with E-state index in [1.165, 1.54) is 0 Å². The van der Waals surface area contributed by atoms with Crippen LogP contribution in [0, 0.1) is 13.8 Å². The highest BCUT2D eigenvalue weighted by Gasteiger charge is 2.22.